The van der Waals surface area contributed by atoms with Crippen molar-refractivity contribution < 1.29 is 45.0 Å². The van der Waals surface area contributed by atoms with Crippen LogP contribution in [0.15, 0.2) is 108 Å². The molecule has 4 rings (SSSR count). The molecule has 0 saturated carbocycles. The Bertz CT molecular complexity index is 1380. The van der Waals surface area contributed by atoms with Crippen LogP contribution in [0.2, 0.25) is 0 Å². The lowest BCUT2D eigenvalue weighted by Crippen LogP contribution is -3.61. The molecule has 0 aliphatic heterocycles. The van der Waals surface area contributed by atoms with E-state index in [4.69, 9.17) is 14.2 Å². The smallest absolute Gasteiger partial charge is 0.408 e. The number of hydrogen-bond acceptors (Lipinski definition) is 5. The fraction of sp³-hybridized carbons (Fsp3) is 0.161. The predicted molar refractivity (Wildman–Crippen MR) is 148 cm³/mol. The number of benzene rings is 4. The van der Waals surface area contributed by atoms with Gasteiger partial charge in [-0.2, -0.15) is 0 Å². The Morgan fingerprint density at radius 3 is 2.15 bits per heavy atom. The average molecular weight is 701 g/mol. The Morgan fingerprint density at radius 1 is 0.821 bits per heavy atom. The van der Waals surface area contributed by atoms with E-state index >= 15 is 0 Å². The molecule has 200 valence electrons. The third-order valence-electron chi connectivity index (χ3n) is 5.70. The third kappa shape index (κ3) is 9.11. The maximum atomic E-state index is 13.2. The van der Waals surface area contributed by atoms with Crippen molar-refractivity contribution in [2.45, 2.75) is 25.7 Å². The maximum absolute atomic E-state index is 13.2. The van der Waals surface area contributed by atoms with Gasteiger partial charge in [0.1, 0.15) is 25.0 Å². The molecule has 1 amide bonds. The van der Waals surface area contributed by atoms with Crippen molar-refractivity contribution in [1.82, 2.24) is 5.32 Å². The summed E-state index contributed by atoms with van der Waals surface area (Å²) in [5.74, 6) is 0.276. The van der Waals surface area contributed by atoms with Gasteiger partial charge in [-0.3, -0.25) is 0 Å². The minimum atomic E-state index is -0.925. The van der Waals surface area contributed by atoms with E-state index < -0.39 is 39.3 Å². The van der Waals surface area contributed by atoms with Crippen LogP contribution in [0.5, 0.6) is 5.75 Å². The highest BCUT2D eigenvalue weighted by atomic mass is 127. The molecule has 0 aliphatic rings. The summed E-state index contributed by atoms with van der Waals surface area (Å²) >= 11 is 2.98. The molecule has 0 bridgehead atoms. The minimum absolute atomic E-state index is 0.101. The highest BCUT2D eigenvalue weighted by Crippen LogP contribution is 2.14. The van der Waals surface area contributed by atoms with Crippen molar-refractivity contribution in [3.8, 4) is 5.75 Å². The van der Waals surface area contributed by atoms with Gasteiger partial charge in [0.15, 0.2) is 7.14 Å². The summed E-state index contributed by atoms with van der Waals surface area (Å²) in [5, 5.41) is 2.74. The van der Waals surface area contributed by atoms with E-state index in [9.17, 15) is 9.59 Å². The molecule has 0 fully saturated rings. The molecule has 4 aromatic carbocycles. The van der Waals surface area contributed by atoms with Crippen LogP contribution in [0, 0.1) is 7.14 Å². The lowest BCUT2D eigenvalue weighted by Gasteiger charge is -2.18. The number of halogens is 2. The molecule has 1 atom stereocenters. The molecule has 0 aliphatic carbocycles. The third-order valence-corrected chi connectivity index (χ3v) is 9.07. The van der Waals surface area contributed by atoms with E-state index in [-0.39, 0.29) is 19.6 Å². The van der Waals surface area contributed by atoms with Crippen molar-refractivity contribution in [3.63, 3.8) is 0 Å². The summed E-state index contributed by atoms with van der Waals surface area (Å²) in [7, 11) is 1.65. The quantitative estimate of drug-likeness (QED) is 0.192. The Morgan fingerprint density at radius 2 is 1.49 bits per heavy atom. The predicted octanol–water partition coefficient (Wildman–Crippen LogP) is 3.17. The zero-order valence-corrected chi connectivity index (χ0v) is 25.1. The maximum Gasteiger partial charge on any atom is 0.408 e. The van der Waals surface area contributed by atoms with Crippen molar-refractivity contribution in [1.29, 1.82) is 0 Å². The van der Waals surface area contributed by atoms with Crippen LogP contribution in [-0.4, -0.2) is 25.2 Å². The zero-order valence-electron chi connectivity index (χ0n) is 21.3. The zero-order chi connectivity index (χ0) is 27.5. The van der Waals surface area contributed by atoms with Crippen LogP contribution in [0.1, 0.15) is 16.7 Å². The van der Waals surface area contributed by atoms with Gasteiger partial charge in [-0.15, -0.1) is 0 Å². The van der Waals surface area contributed by atoms with Crippen LogP contribution < -0.4 is 31.3 Å². The number of hydrogen-bond donors (Lipinski definition) is 1. The standard InChI is InChI=1S/C31H27BrINO5/c1-37-27-14-8-13-26(19-27)33-28-18-25(32)16-15-24(28)17-29(30(35)38-20-22-9-4-2-5-10-22)34-31(36)39-21-23-11-6-3-7-12-23/h2-16,18-19,29H,17,20-21H2,1H3/p+1. The topological polar surface area (TPSA) is 73.9 Å². The molecular weight excluding hydrogens is 673 g/mol. The highest BCUT2D eigenvalue weighted by molar-refractivity contribution is 9.10. The van der Waals surface area contributed by atoms with E-state index in [0.717, 1.165) is 30.5 Å². The van der Waals surface area contributed by atoms with Gasteiger partial charge < -0.3 is 19.5 Å². The first kappa shape index (κ1) is 28.6. The number of nitrogens with one attached hydrogen (secondary N) is 1. The molecular formula is C31H28BrINO5+. The van der Waals surface area contributed by atoms with Crippen LogP contribution in [0.4, 0.5) is 4.79 Å². The molecule has 0 radical (unpaired) electrons. The summed E-state index contributed by atoms with van der Waals surface area (Å²) in [6, 6.07) is 31.9. The van der Waals surface area contributed by atoms with E-state index in [1.54, 1.807) is 7.11 Å². The Balaban J connectivity index is 1.52. The second-order valence-corrected chi connectivity index (χ2v) is 12.4. The first-order valence-corrected chi connectivity index (χ1v) is 15.2. The van der Waals surface area contributed by atoms with Crippen LogP contribution >= 0.6 is 15.9 Å². The molecule has 1 unspecified atom stereocenters. The molecule has 0 saturated heterocycles. The summed E-state index contributed by atoms with van der Waals surface area (Å²) in [6.45, 7) is 0.212. The Kier molecular flexibility index (Phi) is 10.8. The van der Waals surface area contributed by atoms with Gasteiger partial charge in [-0.25, -0.2) is 9.59 Å². The fourth-order valence-corrected chi connectivity index (χ4v) is 7.24. The lowest BCUT2D eigenvalue weighted by molar-refractivity contribution is -0.598. The molecule has 6 nitrogen and oxygen atoms in total. The average Bonchev–Trinajstić information content (AvgIpc) is 2.97. The number of ether oxygens (including phenoxy) is 3. The second-order valence-electron chi connectivity index (χ2n) is 8.55. The number of methoxy groups -OCH3 is 1. The number of alkyl carbamates (subject to hydrolysis) is 1. The van der Waals surface area contributed by atoms with Gasteiger partial charge in [-0.05, 0) is 29.3 Å². The fourth-order valence-electron chi connectivity index (χ4n) is 3.70. The normalized spacial score (nSPS) is 11.3. The molecule has 0 aromatic heterocycles. The van der Waals surface area contributed by atoms with Crippen molar-refractivity contribution in [3.05, 3.63) is 131 Å². The summed E-state index contributed by atoms with van der Waals surface area (Å²) in [6.07, 6.45) is -0.415. The largest absolute Gasteiger partial charge is 0.497 e. The van der Waals surface area contributed by atoms with Gasteiger partial charge >= 0.3 is 33.3 Å². The van der Waals surface area contributed by atoms with Crippen molar-refractivity contribution in [2.24, 2.45) is 0 Å². The number of carbonyl (C=O) groups is 2. The highest BCUT2D eigenvalue weighted by Gasteiger charge is 2.29. The van der Waals surface area contributed by atoms with Crippen molar-refractivity contribution >= 4 is 28.0 Å². The van der Waals surface area contributed by atoms with Crippen LogP contribution in [0.3, 0.4) is 0 Å². The van der Waals surface area contributed by atoms with E-state index in [2.05, 4.69) is 33.4 Å². The Labute approximate surface area is 247 Å². The minimum Gasteiger partial charge on any atom is -0.497 e. The van der Waals surface area contributed by atoms with Gasteiger partial charge in [0.25, 0.3) is 0 Å². The SMILES string of the molecule is COc1cccc([I+]c2cc(Br)ccc2CC(NC(=O)OCc2ccccc2)C(=O)OCc2ccccc2)c1. The van der Waals surface area contributed by atoms with Gasteiger partial charge in [0.2, 0.25) is 0 Å². The summed E-state index contributed by atoms with van der Waals surface area (Å²) < 4.78 is 19.7. The molecule has 39 heavy (non-hydrogen) atoms. The first-order chi connectivity index (χ1) is 19.0. The van der Waals surface area contributed by atoms with Crippen LogP contribution in [-0.2, 0) is 33.9 Å². The summed E-state index contributed by atoms with van der Waals surface area (Å²) in [5.41, 5.74) is 2.68. The van der Waals surface area contributed by atoms with Gasteiger partial charge in [0.05, 0.1) is 7.11 Å². The van der Waals surface area contributed by atoms with E-state index in [0.29, 0.717) is 0 Å². The summed E-state index contributed by atoms with van der Waals surface area (Å²) in [4.78, 5) is 26.0. The van der Waals surface area contributed by atoms with E-state index in [1.807, 2.05) is 91.0 Å². The molecule has 8 heteroatoms. The van der Waals surface area contributed by atoms with Gasteiger partial charge in [-0.1, -0.05) is 88.7 Å². The number of rotatable bonds is 11. The second kappa shape index (κ2) is 14.7. The van der Waals surface area contributed by atoms with Gasteiger partial charge in [0, 0.05) is 28.6 Å². The molecule has 0 heterocycles. The van der Waals surface area contributed by atoms with E-state index in [1.165, 1.54) is 3.57 Å². The monoisotopic (exact) mass is 700 g/mol. The first-order valence-electron chi connectivity index (χ1n) is 12.3. The lowest BCUT2D eigenvalue weighted by atomic mass is 10.1. The molecule has 0 spiro atoms. The van der Waals surface area contributed by atoms with Crippen LogP contribution in [0.25, 0.3) is 0 Å². The number of amides is 1. The Hall–Kier alpha value is -3.37. The number of carbonyl (C=O) groups excluding carboxylic acids is 2. The molecule has 1 N–H and O–H groups in total. The number of esters is 1. The van der Waals surface area contributed by atoms with Crippen molar-refractivity contribution in [2.75, 3.05) is 7.11 Å². The molecule has 4 aromatic rings.